The van der Waals surface area contributed by atoms with Gasteiger partial charge in [-0.3, -0.25) is 0 Å². The van der Waals surface area contributed by atoms with Crippen molar-refractivity contribution >= 4 is 15.9 Å². The minimum Gasteiger partial charge on any atom is -0.506 e. The molecule has 2 unspecified atom stereocenters. The summed E-state index contributed by atoms with van der Waals surface area (Å²) in [5.41, 5.74) is 5.94. The van der Waals surface area contributed by atoms with Crippen molar-refractivity contribution in [2.75, 3.05) is 7.11 Å². The summed E-state index contributed by atoms with van der Waals surface area (Å²) < 4.78 is 5.42. The highest BCUT2D eigenvalue weighted by molar-refractivity contribution is 9.10. The van der Waals surface area contributed by atoms with Crippen molar-refractivity contribution in [1.29, 1.82) is 0 Å². The molecule has 1 rings (SSSR count). The molecule has 0 amide bonds. The summed E-state index contributed by atoms with van der Waals surface area (Å²) in [6, 6.07) is 2.80. The Morgan fingerprint density at radius 2 is 2.07 bits per heavy atom. The Labute approximate surface area is 96.8 Å². The van der Waals surface area contributed by atoms with Gasteiger partial charge in [0.05, 0.1) is 13.2 Å². The minimum atomic E-state index is -0.896. The van der Waals surface area contributed by atoms with Crippen molar-refractivity contribution in [2.45, 2.75) is 19.1 Å². The van der Waals surface area contributed by atoms with Crippen LogP contribution in [0.15, 0.2) is 16.6 Å². The lowest BCUT2D eigenvalue weighted by Crippen LogP contribution is -2.24. The first kappa shape index (κ1) is 12.3. The molecule has 1 aromatic carbocycles. The molecule has 0 spiro atoms. The molecular formula is C10H14BrNO3. The number of rotatable bonds is 3. The van der Waals surface area contributed by atoms with E-state index in [9.17, 15) is 10.2 Å². The number of hydrogen-bond acceptors (Lipinski definition) is 4. The Kier molecular flexibility index (Phi) is 3.96. The average Bonchev–Trinajstić information content (AvgIpc) is 2.21. The van der Waals surface area contributed by atoms with E-state index >= 15 is 0 Å². The van der Waals surface area contributed by atoms with Crippen LogP contribution in [0.4, 0.5) is 0 Å². The molecule has 15 heavy (non-hydrogen) atoms. The van der Waals surface area contributed by atoms with E-state index in [0.29, 0.717) is 15.8 Å². The predicted octanol–water partition coefficient (Wildman–Crippen LogP) is 1.54. The second kappa shape index (κ2) is 4.83. The molecule has 0 aliphatic carbocycles. The number of halogens is 1. The molecule has 0 aliphatic rings. The van der Waals surface area contributed by atoms with E-state index in [1.807, 2.05) is 0 Å². The molecule has 0 radical (unpaired) electrons. The molecule has 4 N–H and O–H groups in total. The first-order valence-electron chi connectivity index (χ1n) is 4.48. The monoisotopic (exact) mass is 275 g/mol. The lowest BCUT2D eigenvalue weighted by Gasteiger charge is -2.17. The van der Waals surface area contributed by atoms with Gasteiger partial charge in [0.2, 0.25) is 0 Å². The number of phenolic OH excluding ortho intramolecular Hbond substituents is 1. The average molecular weight is 276 g/mol. The molecule has 0 bridgehead atoms. The fraction of sp³-hybridized carbons (Fsp3) is 0.400. The van der Waals surface area contributed by atoms with Crippen LogP contribution in [0.25, 0.3) is 0 Å². The lowest BCUT2D eigenvalue weighted by atomic mass is 10.0. The number of aromatic hydroxyl groups is 1. The third-order valence-electron chi connectivity index (χ3n) is 2.15. The normalized spacial score (nSPS) is 14.7. The van der Waals surface area contributed by atoms with Gasteiger partial charge >= 0.3 is 0 Å². The van der Waals surface area contributed by atoms with Crippen LogP contribution in [0.3, 0.4) is 0 Å². The van der Waals surface area contributed by atoms with Crippen LogP contribution in [0.2, 0.25) is 0 Å². The number of phenols is 1. The smallest absolute Gasteiger partial charge is 0.139 e. The van der Waals surface area contributed by atoms with Crippen molar-refractivity contribution in [1.82, 2.24) is 0 Å². The van der Waals surface area contributed by atoms with Gasteiger partial charge in [-0.05, 0) is 35.0 Å². The number of benzene rings is 1. The summed E-state index contributed by atoms with van der Waals surface area (Å²) in [6.45, 7) is 1.67. The molecule has 0 aliphatic heterocycles. The van der Waals surface area contributed by atoms with Gasteiger partial charge in [-0.2, -0.15) is 0 Å². The molecule has 84 valence electrons. The molecule has 5 heteroatoms. The Bertz CT molecular complexity index is 355. The number of hydrogen-bond donors (Lipinski definition) is 3. The largest absolute Gasteiger partial charge is 0.506 e. The van der Waals surface area contributed by atoms with E-state index < -0.39 is 12.1 Å². The van der Waals surface area contributed by atoms with Crippen molar-refractivity contribution in [3.05, 3.63) is 22.2 Å². The Morgan fingerprint density at radius 3 is 2.53 bits per heavy atom. The van der Waals surface area contributed by atoms with E-state index in [1.165, 1.54) is 7.11 Å². The molecular weight excluding hydrogens is 262 g/mol. The molecule has 0 fully saturated rings. The van der Waals surface area contributed by atoms with E-state index in [4.69, 9.17) is 10.5 Å². The van der Waals surface area contributed by atoms with Gasteiger partial charge in [0.1, 0.15) is 16.0 Å². The third kappa shape index (κ3) is 2.42. The van der Waals surface area contributed by atoms with Crippen LogP contribution in [-0.4, -0.2) is 23.4 Å². The summed E-state index contributed by atoms with van der Waals surface area (Å²) >= 11 is 3.18. The van der Waals surface area contributed by atoms with E-state index in [2.05, 4.69) is 15.9 Å². The Balaban J connectivity index is 3.17. The molecule has 0 heterocycles. The summed E-state index contributed by atoms with van der Waals surface area (Å²) in [4.78, 5) is 0. The van der Waals surface area contributed by atoms with Crippen molar-refractivity contribution in [3.63, 3.8) is 0 Å². The van der Waals surface area contributed by atoms with Crippen molar-refractivity contribution < 1.29 is 14.9 Å². The van der Waals surface area contributed by atoms with E-state index in [0.717, 1.165) is 0 Å². The standard InChI is InChI=1S/C10H14BrNO3/c1-5(12)9(13)6-3-4-7(15-2)8(11)10(6)14/h3-5,9,13-14H,12H2,1-2H3. The van der Waals surface area contributed by atoms with Gasteiger partial charge in [-0.25, -0.2) is 0 Å². The Morgan fingerprint density at radius 1 is 1.47 bits per heavy atom. The molecule has 0 saturated carbocycles. The van der Waals surface area contributed by atoms with Crippen LogP contribution < -0.4 is 10.5 Å². The topological polar surface area (TPSA) is 75.7 Å². The van der Waals surface area contributed by atoms with Gasteiger partial charge in [0.15, 0.2) is 0 Å². The van der Waals surface area contributed by atoms with Crippen molar-refractivity contribution in [3.8, 4) is 11.5 Å². The van der Waals surface area contributed by atoms with Gasteiger partial charge in [0.25, 0.3) is 0 Å². The Hall–Kier alpha value is -0.780. The highest BCUT2D eigenvalue weighted by Gasteiger charge is 2.19. The number of aliphatic hydroxyl groups is 1. The zero-order valence-electron chi connectivity index (χ0n) is 8.57. The van der Waals surface area contributed by atoms with Crippen molar-refractivity contribution in [2.24, 2.45) is 5.73 Å². The number of methoxy groups -OCH3 is 1. The maximum absolute atomic E-state index is 9.79. The van der Waals surface area contributed by atoms with Crippen LogP contribution >= 0.6 is 15.9 Å². The number of nitrogens with two attached hydrogens (primary N) is 1. The first-order valence-corrected chi connectivity index (χ1v) is 5.27. The van der Waals surface area contributed by atoms with Crippen LogP contribution in [-0.2, 0) is 0 Å². The molecule has 0 aromatic heterocycles. The zero-order valence-corrected chi connectivity index (χ0v) is 10.2. The van der Waals surface area contributed by atoms with Gasteiger partial charge < -0.3 is 20.7 Å². The predicted molar refractivity (Wildman–Crippen MR) is 61.0 cm³/mol. The summed E-state index contributed by atoms with van der Waals surface area (Å²) in [7, 11) is 1.50. The fourth-order valence-electron chi connectivity index (χ4n) is 1.24. The molecule has 4 nitrogen and oxygen atoms in total. The quantitative estimate of drug-likeness (QED) is 0.782. The number of ether oxygens (including phenoxy) is 1. The van der Waals surface area contributed by atoms with Crippen LogP contribution in [0.5, 0.6) is 11.5 Å². The fourth-order valence-corrected chi connectivity index (χ4v) is 1.76. The minimum absolute atomic E-state index is 0.0425. The summed E-state index contributed by atoms with van der Waals surface area (Å²) in [5.74, 6) is 0.465. The zero-order chi connectivity index (χ0) is 11.6. The summed E-state index contributed by atoms with van der Waals surface area (Å²) in [5, 5.41) is 19.5. The lowest BCUT2D eigenvalue weighted by molar-refractivity contribution is 0.149. The summed E-state index contributed by atoms with van der Waals surface area (Å²) in [6.07, 6.45) is -0.896. The maximum atomic E-state index is 9.79. The third-order valence-corrected chi connectivity index (χ3v) is 2.91. The highest BCUT2D eigenvalue weighted by Crippen LogP contribution is 2.39. The van der Waals surface area contributed by atoms with Crippen LogP contribution in [0, 0.1) is 0 Å². The molecule has 2 atom stereocenters. The first-order chi connectivity index (χ1) is 6.99. The highest BCUT2D eigenvalue weighted by atomic mass is 79.9. The maximum Gasteiger partial charge on any atom is 0.139 e. The van der Waals surface area contributed by atoms with Gasteiger partial charge in [0, 0.05) is 11.6 Å². The molecule has 1 aromatic rings. The SMILES string of the molecule is COc1ccc(C(O)C(C)N)c(O)c1Br. The van der Waals surface area contributed by atoms with Gasteiger partial charge in [-0.1, -0.05) is 0 Å². The second-order valence-electron chi connectivity index (χ2n) is 3.32. The van der Waals surface area contributed by atoms with Crippen LogP contribution in [0.1, 0.15) is 18.6 Å². The second-order valence-corrected chi connectivity index (χ2v) is 4.12. The number of aliphatic hydroxyl groups excluding tert-OH is 1. The van der Waals surface area contributed by atoms with Gasteiger partial charge in [-0.15, -0.1) is 0 Å². The molecule has 0 saturated heterocycles. The van der Waals surface area contributed by atoms with E-state index in [-0.39, 0.29) is 5.75 Å². The van der Waals surface area contributed by atoms with E-state index in [1.54, 1.807) is 19.1 Å².